The van der Waals surface area contributed by atoms with Crippen LogP contribution in [0, 0.1) is 11.6 Å². The third kappa shape index (κ3) is 4.18. The number of hydrogen-bond acceptors (Lipinski definition) is 3. The quantitative estimate of drug-likeness (QED) is 0.308. The highest BCUT2D eigenvalue weighted by Gasteiger charge is 2.28. The minimum Gasteiger partial charge on any atom is -0.465 e. The normalized spacial score (nSPS) is 13.9. The van der Waals surface area contributed by atoms with Crippen molar-refractivity contribution in [3.63, 3.8) is 0 Å². The van der Waals surface area contributed by atoms with E-state index in [1.165, 1.54) is 37.5 Å². The van der Waals surface area contributed by atoms with Gasteiger partial charge < -0.3 is 4.74 Å². The van der Waals surface area contributed by atoms with E-state index >= 15 is 0 Å². The molecule has 0 aliphatic heterocycles. The third-order valence-corrected chi connectivity index (χ3v) is 5.17. The second-order valence-corrected chi connectivity index (χ2v) is 7.14. The first-order valence-electron chi connectivity index (χ1n) is 9.86. The zero-order valence-electron chi connectivity index (χ0n) is 17.1. The van der Waals surface area contributed by atoms with Gasteiger partial charge in [0.25, 0.3) is 0 Å². The monoisotopic (exact) mass is 428 g/mol. The number of ether oxygens (including phenoxy) is 1. The summed E-state index contributed by atoms with van der Waals surface area (Å²) in [5.41, 5.74) is 3.71. The van der Waals surface area contributed by atoms with Crippen molar-refractivity contribution in [1.82, 2.24) is 0 Å². The summed E-state index contributed by atoms with van der Waals surface area (Å²) in [7, 11) is 1.22. The molecule has 3 nitrogen and oxygen atoms in total. The molecule has 4 rings (SSSR count). The van der Waals surface area contributed by atoms with Crippen molar-refractivity contribution in [3.8, 4) is 0 Å². The molecular weight excluding hydrogens is 410 g/mol. The minimum absolute atomic E-state index is 0.0593. The van der Waals surface area contributed by atoms with Gasteiger partial charge in [-0.3, -0.25) is 4.79 Å². The van der Waals surface area contributed by atoms with Gasteiger partial charge in [0, 0.05) is 5.57 Å². The van der Waals surface area contributed by atoms with Crippen molar-refractivity contribution in [1.29, 1.82) is 0 Å². The van der Waals surface area contributed by atoms with E-state index in [1.807, 2.05) is 18.2 Å². The van der Waals surface area contributed by atoms with Gasteiger partial charge in [0.05, 0.1) is 7.11 Å². The van der Waals surface area contributed by atoms with Crippen LogP contribution >= 0.6 is 0 Å². The third-order valence-electron chi connectivity index (χ3n) is 5.17. The molecule has 3 aromatic rings. The molecule has 0 radical (unpaired) electrons. The zero-order valence-corrected chi connectivity index (χ0v) is 17.1. The van der Waals surface area contributed by atoms with E-state index in [1.54, 1.807) is 42.5 Å². The summed E-state index contributed by atoms with van der Waals surface area (Å²) in [5.74, 6) is -1.93. The number of esters is 1. The molecule has 0 N–H and O–H groups in total. The van der Waals surface area contributed by atoms with Crippen LogP contribution in [-0.2, 0) is 14.3 Å². The van der Waals surface area contributed by atoms with Gasteiger partial charge in [-0.2, -0.15) is 0 Å². The van der Waals surface area contributed by atoms with Gasteiger partial charge >= 0.3 is 5.97 Å². The van der Waals surface area contributed by atoms with Crippen molar-refractivity contribution >= 4 is 29.0 Å². The molecule has 32 heavy (non-hydrogen) atoms. The lowest BCUT2D eigenvalue weighted by Crippen LogP contribution is -2.19. The smallest absolute Gasteiger partial charge is 0.341 e. The summed E-state index contributed by atoms with van der Waals surface area (Å²) in [6.07, 6.45) is 4.86. The fourth-order valence-corrected chi connectivity index (χ4v) is 3.57. The number of benzene rings is 3. The van der Waals surface area contributed by atoms with Crippen LogP contribution in [0.15, 0.2) is 90.5 Å². The lowest BCUT2D eigenvalue weighted by atomic mass is 9.86. The van der Waals surface area contributed by atoms with Crippen LogP contribution in [0.2, 0.25) is 0 Å². The summed E-state index contributed by atoms with van der Waals surface area (Å²) in [5, 5.41) is 0. The van der Waals surface area contributed by atoms with Gasteiger partial charge in [0.15, 0.2) is 0 Å². The minimum atomic E-state index is -0.711. The first-order chi connectivity index (χ1) is 15.5. The van der Waals surface area contributed by atoms with Crippen molar-refractivity contribution in [3.05, 3.63) is 124 Å². The van der Waals surface area contributed by atoms with Gasteiger partial charge in [-0.1, -0.05) is 54.6 Å². The Balaban J connectivity index is 1.88. The fraction of sp³-hybridized carbons (Fsp3) is 0.0370. The van der Waals surface area contributed by atoms with Crippen molar-refractivity contribution in [2.24, 2.45) is 0 Å². The Morgan fingerprint density at radius 3 is 1.97 bits per heavy atom. The Kier molecular flexibility index (Phi) is 5.90. The molecule has 1 aliphatic rings. The Hall–Kier alpha value is -4.12. The van der Waals surface area contributed by atoms with E-state index in [0.29, 0.717) is 27.8 Å². The topological polar surface area (TPSA) is 43.4 Å². The second kappa shape index (κ2) is 8.94. The van der Waals surface area contributed by atoms with Gasteiger partial charge in [-0.25, -0.2) is 13.6 Å². The number of Topliss-reactive ketones (excluding diaryl/α,β-unsaturated/α-hetero) is 1. The number of halogens is 2. The summed E-state index contributed by atoms with van der Waals surface area (Å²) in [4.78, 5) is 25.3. The highest BCUT2D eigenvalue weighted by Crippen LogP contribution is 2.32. The van der Waals surface area contributed by atoms with Crippen molar-refractivity contribution in [2.45, 2.75) is 0 Å². The average Bonchev–Trinajstić information content (AvgIpc) is 2.81. The SMILES string of the molecule is COC(=O)C1=Cc2ccccc2/C(=C\C=C(c2ccc(F)cc2)c2ccc(F)cc2)C1=O. The second-order valence-electron chi connectivity index (χ2n) is 7.14. The maximum atomic E-state index is 13.5. The molecule has 0 bridgehead atoms. The van der Waals surface area contributed by atoms with E-state index in [9.17, 15) is 18.4 Å². The Morgan fingerprint density at radius 1 is 0.844 bits per heavy atom. The largest absolute Gasteiger partial charge is 0.465 e. The van der Waals surface area contributed by atoms with E-state index in [-0.39, 0.29) is 17.2 Å². The summed E-state index contributed by atoms with van der Waals surface area (Å²) in [6.45, 7) is 0. The molecule has 158 valence electrons. The van der Waals surface area contributed by atoms with Crippen LogP contribution in [0.3, 0.4) is 0 Å². The van der Waals surface area contributed by atoms with Crippen LogP contribution in [0.25, 0.3) is 17.2 Å². The number of ketones is 1. The highest BCUT2D eigenvalue weighted by molar-refractivity contribution is 6.41. The van der Waals surface area contributed by atoms with Gasteiger partial charge in [0.1, 0.15) is 17.2 Å². The molecule has 0 spiro atoms. The van der Waals surface area contributed by atoms with Crippen molar-refractivity contribution in [2.75, 3.05) is 7.11 Å². The standard InChI is InChI=1S/C27H18F2O3/c1-32-27(31)25-16-19-4-2-3-5-23(19)24(26(25)30)15-14-22(17-6-10-20(28)11-7-17)18-8-12-21(29)13-9-18/h2-16H,1H3/b24-15+. The maximum absolute atomic E-state index is 13.5. The lowest BCUT2D eigenvalue weighted by Gasteiger charge is -2.17. The zero-order chi connectivity index (χ0) is 22.7. The molecule has 3 aromatic carbocycles. The molecule has 0 aromatic heterocycles. The first kappa shape index (κ1) is 21.1. The van der Waals surface area contributed by atoms with E-state index in [4.69, 9.17) is 4.74 Å². The van der Waals surface area contributed by atoms with E-state index in [2.05, 4.69) is 0 Å². The van der Waals surface area contributed by atoms with E-state index in [0.717, 1.165) is 5.56 Å². The number of methoxy groups -OCH3 is 1. The van der Waals surface area contributed by atoms with Crippen LogP contribution in [-0.4, -0.2) is 18.9 Å². The van der Waals surface area contributed by atoms with Crippen LogP contribution in [0.5, 0.6) is 0 Å². The number of allylic oxidation sites excluding steroid dienone is 3. The first-order valence-corrected chi connectivity index (χ1v) is 9.86. The highest BCUT2D eigenvalue weighted by atomic mass is 19.1. The van der Waals surface area contributed by atoms with Gasteiger partial charge in [-0.15, -0.1) is 0 Å². The van der Waals surface area contributed by atoms with Crippen LogP contribution < -0.4 is 0 Å². The van der Waals surface area contributed by atoms with Gasteiger partial charge in [-0.05, 0) is 64.2 Å². The molecule has 0 unspecified atom stereocenters. The Bertz CT molecular complexity index is 1230. The summed E-state index contributed by atoms with van der Waals surface area (Å²) in [6, 6.07) is 19.0. The van der Waals surface area contributed by atoms with Crippen molar-refractivity contribution < 1.29 is 23.1 Å². The molecule has 5 heteroatoms. The molecule has 0 heterocycles. The van der Waals surface area contributed by atoms with Crippen LogP contribution in [0.1, 0.15) is 22.3 Å². The Morgan fingerprint density at radius 2 is 1.41 bits per heavy atom. The Labute approximate surface area is 184 Å². The molecular formula is C27H18F2O3. The number of fused-ring (bicyclic) bond motifs is 1. The van der Waals surface area contributed by atoms with Gasteiger partial charge in [0.2, 0.25) is 5.78 Å². The molecule has 1 aliphatic carbocycles. The number of hydrogen-bond donors (Lipinski definition) is 0. The van der Waals surface area contributed by atoms with E-state index < -0.39 is 11.8 Å². The predicted molar refractivity (Wildman–Crippen MR) is 119 cm³/mol. The average molecular weight is 428 g/mol. The molecule has 0 fully saturated rings. The molecule has 0 amide bonds. The lowest BCUT2D eigenvalue weighted by molar-refractivity contribution is -0.137. The number of rotatable bonds is 4. The number of carbonyl (C=O) groups excluding carboxylic acids is 2. The molecule has 0 saturated carbocycles. The summed E-state index contributed by atoms with van der Waals surface area (Å²) >= 11 is 0. The van der Waals surface area contributed by atoms with Crippen LogP contribution in [0.4, 0.5) is 8.78 Å². The molecule has 0 atom stereocenters. The molecule has 0 saturated heterocycles. The fourth-order valence-electron chi connectivity index (χ4n) is 3.57. The number of carbonyl (C=O) groups is 2. The predicted octanol–water partition coefficient (Wildman–Crippen LogP) is 5.62. The summed E-state index contributed by atoms with van der Waals surface area (Å²) < 4.78 is 31.7. The maximum Gasteiger partial charge on any atom is 0.341 e.